The van der Waals surface area contributed by atoms with Crippen LogP contribution in [0.15, 0.2) is 47.3 Å². The van der Waals surface area contributed by atoms with Crippen LogP contribution in [0.1, 0.15) is 28.6 Å². The van der Waals surface area contributed by atoms with Crippen molar-refractivity contribution in [1.82, 2.24) is 20.2 Å². The smallest absolute Gasteiger partial charge is 0.130 e. The van der Waals surface area contributed by atoms with Gasteiger partial charge in [-0.25, -0.2) is 4.68 Å². The highest BCUT2D eigenvalue weighted by Crippen LogP contribution is 2.22. The van der Waals surface area contributed by atoms with Crippen LogP contribution < -0.4 is 0 Å². The molecule has 2 heterocycles. The Hall–Kier alpha value is -2.47. The molecule has 3 aromatic rings. The van der Waals surface area contributed by atoms with Gasteiger partial charge in [0, 0.05) is 5.56 Å². The topological polar surface area (TPSA) is 77.0 Å². The predicted molar refractivity (Wildman–Crippen MR) is 70.9 cm³/mol. The summed E-state index contributed by atoms with van der Waals surface area (Å²) in [6.45, 7) is 2.39. The normalized spacial score (nSPS) is 12.5. The molecule has 0 amide bonds. The summed E-state index contributed by atoms with van der Waals surface area (Å²) in [5.41, 5.74) is 2.86. The molecule has 20 heavy (non-hydrogen) atoms. The van der Waals surface area contributed by atoms with Gasteiger partial charge < -0.3 is 9.63 Å². The van der Waals surface area contributed by atoms with Crippen LogP contribution in [0, 0.1) is 6.92 Å². The van der Waals surface area contributed by atoms with Gasteiger partial charge in [-0.1, -0.05) is 40.7 Å². The van der Waals surface area contributed by atoms with Crippen LogP contribution in [0.2, 0.25) is 0 Å². The van der Waals surface area contributed by atoms with Crippen LogP contribution in [-0.2, 0) is 6.54 Å². The average Bonchev–Trinajstić information content (AvgIpc) is 3.08. The Bertz CT molecular complexity index is 690. The molecule has 1 atom stereocenters. The maximum atomic E-state index is 10.2. The monoisotopic (exact) mass is 270 g/mol. The number of aryl methyl sites for hydroxylation is 1. The van der Waals surface area contributed by atoms with Crippen molar-refractivity contribution in [2.24, 2.45) is 0 Å². The summed E-state index contributed by atoms with van der Waals surface area (Å²) in [6.07, 6.45) is 2.28. The maximum Gasteiger partial charge on any atom is 0.130 e. The van der Waals surface area contributed by atoms with Crippen molar-refractivity contribution in [2.75, 3.05) is 0 Å². The molecule has 0 aliphatic rings. The van der Waals surface area contributed by atoms with Gasteiger partial charge in [0.1, 0.15) is 18.1 Å². The molecule has 1 unspecified atom stereocenters. The molecule has 0 aliphatic heterocycles. The Morgan fingerprint density at radius 3 is 2.80 bits per heavy atom. The zero-order chi connectivity index (χ0) is 13.9. The zero-order valence-corrected chi connectivity index (χ0v) is 11.0. The third-order valence-electron chi connectivity index (χ3n) is 3.11. The molecule has 2 aromatic heterocycles. The van der Waals surface area contributed by atoms with Crippen LogP contribution in [0.3, 0.4) is 0 Å². The Morgan fingerprint density at radius 1 is 1.30 bits per heavy atom. The lowest BCUT2D eigenvalue weighted by atomic mass is 10.1. The zero-order valence-electron chi connectivity index (χ0n) is 11.0. The second-order valence-electron chi connectivity index (χ2n) is 4.58. The molecule has 1 N–H and O–H groups in total. The minimum atomic E-state index is -0.870. The van der Waals surface area contributed by atoms with E-state index >= 15 is 0 Å². The van der Waals surface area contributed by atoms with Gasteiger partial charge in [-0.3, -0.25) is 0 Å². The summed E-state index contributed by atoms with van der Waals surface area (Å²) in [4.78, 5) is 0. The summed E-state index contributed by atoms with van der Waals surface area (Å²) in [5.74, 6) is 0. The van der Waals surface area contributed by atoms with Crippen molar-refractivity contribution in [3.8, 4) is 0 Å². The molecule has 0 saturated heterocycles. The molecule has 3 rings (SSSR count). The highest BCUT2D eigenvalue weighted by Gasteiger charge is 2.19. The van der Waals surface area contributed by atoms with Crippen LogP contribution in [0.4, 0.5) is 0 Å². The summed E-state index contributed by atoms with van der Waals surface area (Å²) < 4.78 is 6.52. The third kappa shape index (κ3) is 2.46. The van der Waals surface area contributed by atoms with Gasteiger partial charge in [0.2, 0.25) is 0 Å². The number of benzene rings is 1. The fourth-order valence-corrected chi connectivity index (χ4v) is 2.01. The summed E-state index contributed by atoms with van der Waals surface area (Å²) in [6, 6.07) is 9.95. The van der Waals surface area contributed by atoms with E-state index in [0.717, 1.165) is 5.56 Å². The summed E-state index contributed by atoms with van der Waals surface area (Å²) in [5, 5.41) is 22.0. The van der Waals surface area contributed by atoms with E-state index < -0.39 is 6.10 Å². The van der Waals surface area contributed by atoms with E-state index in [-0.39, 0.29) is 0 Å². The van der Waals surface area contributed by atoms with Crippen molar-refractivity contribution < 1.29 is 9.63 Å². The Morgan fingerprint density at radius 2 is 2.10 bits per heavy atom. The lowest BCUT2D eigenvalue weighted by Crippen LogP contribution is -2.01. The molecule has 0 saturated carbocycles. The lowest BCUT2D eigenvalue weighted by Gasteiger charge is -2.03. The number of hydrogen-bond donors (Lipinski definition) is 1. The molecule has 6 heteroatoms. The minimum absolute atomic E-state index is 0.479. The number of aromatic nitrogens is 4. The van der Waals surface area contributed by atoms with Gasteiger partial charge in [-0.15, -0.1) is 5.10 Å². The molecule has 1 aromatic carbocycles. The molecule has 0 spiro atoms. The molecule has 102 valence electrons. The molecule has 0 fully saturated rings. The Kier molecular flexibility index (Phi) is 3.30. The minimum Gasteiger partial charge on any atom is -0.382 e. The fraction of sp³-hybridized carbons (Fsp3) is 0.214. The van der Waals surface area contributed by atoms with Crippen molar-refractivity contribution in [3.63, 3.8) is 0 Å². The van der Waals surface area contributed by atoms with Gasteiger partial charge in [0.15, 0.2) is 0 Å². The molecular formula is C14H14N4O2. The van der Waals surface area contributed by atoms with E-state index in [9.17, 15) is 5.11 Å². The van der Waals surface area contributed by atoms with E-state index in [0.29, 0.717) is 23.5 Å². The van der Waals surface area contributed by atoms with Crippen molar-refractivity contribution in [2.45, 2.75) is 19.6 Å². The summed E-state index contributed by atoms with van der Waals surface area (Å²) >= 11 is 0. The highest BCUT2D eigenvalue weighted by atomic mass is 16.5. The van der Waals surface area contributed by atoms with Gasteiger partial charge in [0.25, 0.3) is 0 Å². The molecule has 0 bridgehead atoms. The van der Waals surface area contributed by atoms with Crippen molar-refractivity contribution in [1.29, 1.82) is 0 Å². The van der Waals surface area contributed by atoms with Crippen molar-refractivity contribution >= 4 is 0 Å². The molecule has 6 nitrogen and oxygen atoms in total. The van der Waals surface area contributed by atoms with Gasteiger partial charge in [-0.2, -0.15) is 0 Å². The van der Waals surface area contributed by atoms with Gasteiger partial charge in [-0.05, 0) is 12.5 Å². The van der Waals surface area contributed by atoms with Gasteiger partial charge >= 0.3 is 0 Å². The Labute approximate surface area is 115 Å². The summed E-state index contributed by atoms with van der Waals surface area (Å²) in [7, 11) is 0. The maximum absolute atomic E-state index is 10.2. The van der Waals surface area contributed by atoms with Crippen LogP contribution in [-0.4, -0.2) is 25.3 Å². The van der Waals surface area contributed by atoms with Crippen LogP contribution >= 0.6 is 0 Å². The van der Waals surface area contributed by atoms with E-state index in [1.165, 1.54) is 6.26 Å². The third-order valence-corrected chi connectivity index (χ3v) is 3.11. The first-order valence-electron chi connectivity index (χ1n) is 6.27. The SMILES string of the molecule is Cc1nocc1C(O)c1cn(Cc2ccccc2)nn1. The number of aliphatic hydroxyl groups excluding tert-OH is 1. The highest BCUT2D eigenvalue weighted by molar-refractivity contribution is 5.23. The van der Waals surface area contributed by atoms with E-state index in [1.807, 2.05) is 30.3 Å². The Balaban J connectivity index is 1.79. The number of rotatable bonds is 4. The lowest BCUT2D eigenvalue weighted by molar-refractivity contribution is 0.213. The number of aliphatic hydroxyl groups is 1. The number of nitrogens with zero attached hydrogens (tertiary/aromatic N) is 4. The molecule has 0 aliphatic carbocycles. The second kappa shape index (κ2) is 5.26. The fourth-order valence-electron chi connectivity index (χ4n) is 2.01. The van der Waals surface area contributed by atoms with Gasteiger partial charge in [0.05, 0.1) is 18.4 Å². The number of hydrogen-bond acceptors (Lipinski definition) is 5. The van der Waals surface area contributed by atoms with Crippen LogP contribution in [0.5, 0.6) is 0 Å². The largest absolute Gasteiger partial charge is 0.382 e. The predicted octanol–water partition coefficient (Wildman–Crippen LogP) is 1.70. The standard InChI is InChI=1S/C14H14N4O2/c1-10-12(9-20-16-10)14(19)13-8-18(17-15-13)7-11-5-3-2-4-6-11/h2-6,8-9,14,19H,7H2,1H3. The van der Waals surface area contributed by atoms with E-state index in [2.05, 4.69) is 15.5 Å². The first-order chi connectivity index (χ1) is 9.74. The molecule has 0 radical (unpaired) electrons. The van der Waals surface area contributed by atoms with Crippen molar-refractivity contribution in [3.05, 3.63) is 65.3 Å². The van der Waals surface area contributed by atoms with E-state index in [4.69, 9.17) is 4.52 Å². The first-order valence-corrected chi connectivity index (χ1v) is 6.27. The van der Waals surface area contributed by atoms with E-state index in [1.54, 1.807) is 17.8 Å². The second-order valence-corrected chi connectivity index (χ2v) is 4.58. The average molecular weight is 270 g/mol. The first kappa shape index (κ1) is 12.6. The quantitative estimate of drug-likeness (QED) is 0.780. The molecular weight excluding hydrogens is 256 g/mol. The van der Waals surface area contributed by atoms with Crippen LogP contribution in [0.25, 0.3) is 0 Å².